The van der Waals surface area contributed by atoms with Gasteiger partial charge in [0, 0.05) is 26.2 Å². The third-order valence-electron chi connectivity index (χ3n) is 5.67. The van der Waals surface area contributed by atoms with Crippen molar-refractivity contribution >= 4 is 17.7 Å². The van der Waals surface area contributed by atoms with Gasteiger partial charge in [0.05, 0.1) is 40.9 Å². The molecule has 1 amide bonds. The second-order valence-electron chi connectivity index (χ2n) is 7.97. The van der Waals surface area contributed by atoms with Crippen LogP contribution in [0.1, 0.15) is 22.5 Å². The number of ether oxygens (including phenoxy) is 1. The molecule has 0 radical (unpaired) electrons. The molecule has 0 aliphatic carbocycles. The minimum absolute atomic E-state index is 0.0300. The number of rotatable bonds is 8. The Labute approximate surface area is 194 Å². The van der Waals surface area contributed by atoms with Crippen molar-refractivity contribution in [3.63, 3.8) is 0 Å². The van der Waals surface area contributed by atoms with Crippen LogP contribution in [-0.4, -0.2) is 52.6 Å². The molecule has 2 aromatic carbocycles. The SMILES string of the molecule is Cc1nn(-c2ccccc2)c(C)c1SCC(=O)NCc1ccccc1CN1CCOCC1. The van der Waals surface area contributed by atoms with Gasteiger partial charge in [-0.05, 0) is 37.1 Å². The Kier molecular flexibility index (Phi) is 7.63. The van der Waals surface area contributed by atoms with Crippen molar-refractivity contribution < 1.29 is 9.53 Å². The number of hydrogen-bond acceptors (Lipinski definition) is 5. The fraction of sp³-hybridized carbons (Fsp3) is 0.360. The van der Waals surface area contributed by atoms with Crippen molar-refractivity contribution in [1.29, 1.82) is 0 Å². The van der Waals surface area contributed by atoms with Crippen molar-refractivity contribution in [3.05, 3.63) is 77.1 Å². The Morgan fingerprint density at radius 1 is 1.03 bits per heavy atom. The molecular weight excluding hydrogens is 420 g/mol. The molecule has 3 aromatic rings. The molecule has 1 aliphatic rings. The first kappa shape index (κ1) is 22.6. The third-order valence-corrected chi connectivity index (χ3v) is 6.95. The van der Waals surface area contributed by atoms with Gasteiger partial charge in [0.1, 0.15) is 0 Å². The molecule has 168 valence electrons. The number of aryl methyl sites for hydroxylation is 1. The summed E-state index contributed by atoms with van der Waals surface area (Å²) in [6, 6.07) is 18.4. The number of carbonyl (C=O) groups is 1. The largest absolute Gasteiger partial charge is 0.379 e. The molecule has 0 saturated carbocycles. The van der Waals surface area contributed by atoms with E-state index < -0.39 is 0 Å². The van der Waals surface area contributed by atoms with Gasteiger partial charge < -0.3 is 10.1 Å². The first-order valence-corrected chi connectivity index (χ1v) is 12.0. The number of carbonyl (C=O) groups excluding carboxylic acids is 1. The van der Waals surface area contributed by atoms with Crippen LogP contribution in [0.15, 0.2) is 59.5 Å². The predicted octanol–water partition coefficient (Wildman–Crippen LogP) is 3.73. The maximum atomic E-state index is 12.6. The molecule has 1 N–H and O–H groups in total. The van der Waals surface area contributed by atoms with Gasteiger partial charge in [-0.1, -0.05) is 42.5 Å². The summed E-state index contributed by atoms with van der Waals surface area (Å²) in [4.78, 5) is 16.1. The van der Waals surface area contributed by atoms with Crippen molar-refractivity contribution in [2.24, 2.45) is 0 Å². The average Bonchev–Trinajstić information content (AvgIpc) is 3.11. The fourth-order valence-electron chi connectivity index (χ4n) is 3.92. The van der Waals surface area contributed by atoms with E-state index in [1.165, 1.54) is 11.1 Å². The molecule has 0 bridgehead atoms. The number of aromatic nitrogens is 2. The normalized spacial score (nSPS) is 14.4. The predicted molar refractivity (Wildman–Crippen MR) is 128 cm³/mol. The van der Waals surface area contributed by atoms with Crippen LogP contribution in [0.25, 0.3) is 5.69 Å². The van der Waals surface area contributed by atoms with Crippen LogP contribution in [0.2, 0.25) is 0 Å². The van der Waals surface area contributed by atoms with Crippen LogP contribution < -0.4 is 5.32 Å². The third kappa shape index (κ3) is 5.59. The van der Waals surface area contributed by atoms with Crippen LogP contribution in [-0.2, 0) is 22.6 Å². The lowest BCUT2D eigenvalue weighted by Gasteiger charge is -2.27. The van der Waals surface area contributed by atoms with E-state index in [9.17, 15) is 4.79 Å². The average molecular weight is 451 g/mol. The summed E-state index contributed by atoms with van der Waals surface area (Å²) in [7, 11) is 0. The van der Waals surface area contributed by atoms with E-state index in [0.29, 0.717) is 12.3 Å². The summed E-state index contributed by atoms with van der Waals surface area (Å²) in [5, 5.41) is 7.76. The highest BCUT2D eigenvalue weighted by Crippen LogP contribution is 2.27. The zero-order chi connectivity index (χ0) is 22.3. The molecule has 1 aliphatic heterocycles. The van der Waals surface area contributed by atoms with Gasteiger partial charge in [-0.25, -0.2) is 4.68 Å². The highest BCUT2D eigenvalue weighted by atomic mass is 32.2. The molecule has 1 fully saturated rings. The highest BCUT2D eigenvalue weighted by Gasteiger charge is 2.16. The molecule has 0 unspecified atom stereocenters. The number of amides is 1. The summed E-state index contributed by atoms with van der Waals surface area (Å²) in [6.45, 7) is 8.96. The van der Waals surface area contributed by atoms with E-state index in [1.807, 2.05) is 48.0 Å². The van der Waals surface area contributed by atoms with Crippen LogP contribution >= 0.6 is 11.8 Å². The van der Waals surface area contributed by atoms with Crippen molar-refractivity contribution in [2.75, 3.05) is 32.1 Å². The van der Waals surface area contributed by atoms with Gasteiger partial charge in [-0.15, -0.1) is 11.8 Å². The number of nitrogens with zero attached hydrogens (tertiary/aromatic N) is 3. The minimum Gasteiger partial charge on any atom is -0.379 e. The van der Waals surface area contributed by atoms with Crippen LogP contribution in [0.5, 0.6) is 0 Å². The molecule has 6 nitrogen and oxygen atoms in total. The Balaban J connectivity index is 1.33. The molecule has 4 rings (SSSR count). The second kappa shape index (κ2) is 10.8. The Morgan fingerprint density at radius 2 is 1.72 bits per heavy atom. The molecule has 1 saturated heterocycles. The Bertz CT molecular complexity index is 1050. The van der Waals surface area contributed by atoms with E-state index in [4.69, 9.17) is 4.74 Å². The zero-order valence-electron chi connectivity index (χ0n) is 18.7. The van der Waals surface area contributed by atoms with E-state index in [0.717, 1.165) is 54.8 Å². The van der Waals surface area contributed by atoms with Gasteiger partial charge in [-0.2, -0.15) is 5.10 Å². The van der Waals surface area contributed by atoms with Crippen molar-refractivity contribution in [2.45, 2.75) is 31.8 Å². The molecule has 2 heterocycles. The maximum Gasteiger partial charge on any atom is 0.230 e. The first-order chi connectivity index (χ1) is 15.6. The number of hydrogen-bond donors (Lipinski definition) is 1. The minimum atomic E-state index is 0.0300. The number of morpholine rings is 1. The smallest absolute Gasteiger partial charge is 0.230 e. The van der Waals surface area contributed by atoms with E-state index in [-0.39, 0.29) is 5.91 Å². The number of benzene rings is 2. The van der Waals surface area contributed by atoms with E-state index in [2.05, 4.69) is 40.4 Å². The van der Waals surface area contributed by atoms with Gasteiger partial charge in [0.25, 0.3) is 0 Å². The lowest BCUT2D eigenvalue weighted by atomic mass is 10.1. The summed E-state index contributed by atoms with van der Waals surface area (Å²) >= 11 is 1.55. The summed E-state index contributed by atoms with van der Waals surface area (Å²) in [5.41, 5.74) is 5.46. The van der Waals surface area contributed by atoms with Gasteiger partial charge in [-0.3, -0.25) is 9.69 Å². The standard InChI is InChI=1S/C25H30N4O2S/c1-19-25(20(2)29(27-19)23-10-4-3-5-11-23)32-18-24(30)26-16-21-8-6-7-9-22(21)17-28-12-14-31-15-13-28/h3-11H,12-18H2,1-2H3,(H,26,30). The van der Waals surface area contributed by atoms with E-state index in [1.54, 1.807) is 11.8 Å². The molecular formula is C25H30N4O2S. The van der Waals surface area contributed by atoms with Crippen molar-refractivity contribution in [1.82, 2.24) is 20.0 Å². The Hall–Kier alpha value is -2.61. The molecule has 1 aromatic heterocycles. The quantitative estimate of drug-likeness (QED) is 0.530. The fourth-order valence-corrected chi connectivity index (χ4v) is 4.85. The Morgan fingerprint density at radius 3 is 2.47 bits per heavy atom. The molecule has 0 atom stereocenters. The van der Waals surface area contributed by atoms with Crippen LogP contribution in [0.3, 0.4) is 0 Å². The topological polar surface area (TPSA) is 59.4 Å². The monoisotopic (exact) mass is 450 g/mol. The van der Waals surface area contributed by atoms with Crippen molar-refractivity contribution in [3.8, 4) is 5.69 Å². The molecule has 32 heavy (non-hydrogen) atoms. The highest BCUT2D eigenvalue weighted by molar-refractivity contribution is 8.00. The number of para-hydroxylation sites is 1. The lowest BCUT2D eigenvalue weighted by Crippen LogP contribution is -2.36. The van der Waals surface area contributed by atoms with Gasteiger partial charge in [0.2, 0.25) is 5.91 Å². The van der Waals surface area contributed by atoms with E-state index >= 15 is 0 Å². The second-order valence-corrected chi connectivity index (χ2v) is 8.96. The maximum absolute atomic E-state index is 12.6. The summed E-state index contributed by atoms with van der Waals surface area (Å²) in [5.74, 6) is 0.399. The summed E-state index contributed by atoms with van der Waals surface area (Å²) in [6.07, 6.45) is 0. The van der Waals surface area contributed by atoms with Crippen LogP contribution in [0.4, 0.5) is 0 Å². The molecule has 7 heteroatoms. The van der Waals surface area contributed by atoms with Crippen LogP contribution in [0, 0.1) is 13.8 Å². The summed E-state index contributed by atoms with van der Waals surface area (Å²) < 4.78 is 7.39. The van der Waals surface area contributed by atoms with Gasteiger partial charge >= 0.3 is 0 Å². The first-order valence-electron chi connectivity index (χ1n) is 11.0. The lowest BCUT2D eigenvalue weighted by molar-refractivity contribution is -0.118. The zero-order valence-corrected chi connectivity index (χ0v) is 19.5. The molecule has 0 spiro atoms. The van der Waals surface area contributed by atoms with Gasteiger partial charge in [0.15, 0.2) is 0 Å². The number of nitrogens with one attached hydrogen (secondary N) is 1. The number of thioether (sulfide) groups is 1.